The summed E-state index contributed by atoms with van der Waals surface area (Å²) in [6.07, 6.45) is 3.36. The first-order chi connectivity index (χ1) is 17.2. The van der Waals surface area contributed by atoms with Crippen molar-refractivity contribution < 1.29 is 4.79 Å². The van der Waals surface area contributed by atoms with E-state index in [-0.39, 0.29) is 5.92 Å². The van der Waals surface area contributed by atoms with E-state index in [1.54, 1.807) is 0 Å². The first-order valence-electron chi connectivity index (χ1n) is 13.2. The van der Waals surface area contributed by atoms with Crippen LogP contribution in [-0.4, -0.2) is 78.8 Å². The fourth-order valence-electron chi connectivity index (χ4n) is 5.49. The Morgan fingerprint density at radius 3 is 2.31 bits per heavy atom. The van der Waals surface area contributed by atoms with Crippen molar-refractivity contribution >= 4 is 48.3 Å². The quantitative estimate of drug-likeness (QED) is 0.437. The maximum absolute atomic E-state index is 14.0. The van der Waals surface area contributed by atoms with Gasteiger partial charge in [0, 0.05) is 0 Å². The second kappa shape index (κ2) is 12.6. The molecule has 0 saturated carbocycles. The van der Waals surface area contributed by atoms with Gasteiger partial charge in [-0.2, -0.15) is 0 Å². The molecule has 0 radical (unpaired) electrons. The van der Waals surface area contributed by atoms with E-state index in [2.05, 4.69) is 96.3 Å². The molecule has 2 aromatic rings. The fraction of sp³-hybridized carbons (Fsp3) is 0.536. The van der Waals surface area contributed by atoms with Crippen molar-refractivity contribution in [2.24, 2.45) is 11.8 Å². The Hall–Kier alpha value is -0.912. The summed E-state index contributed by atoms with van der Waals surface area (Å²) in [5, 5.41) is 0. The first kappa shape index (κ1) is 25.7. The number of anilines is 1. The summed E-state index contributed by atoms with van der Waals surface area (Å²) in [6, 6.07) is 19.8. The van der Waals surface area contributed by atoms with Crippen LogP contribution in [0.5, 0.6) is 0 Å². The SMILES string of the molecule is CCN1CCC(CN(C(=O)[C@@H]2CCN(Cc3ccccc3)C2)c2ccc([As]3SCCS3)cc2)CC1. The molecular formula is C28H38AsN3OS2. The van der Waals surface area contributed by atoms with Crippen molar-refractivity contribution in [3.05, 3.63) is 60.2 Å². The molecular weight excluding hydrogens is 533 g/mol. The van der Waals surface area contributed by atoms with Crippen LogP contribution in [0.15, 0.2) is 54.6 Å². The molecule has 5 rings (SSSR count). The molecule has 3 heterocycles. The molecule has 0 bridgehead atoms. The van der Waals surface area contributed by atoms with E-state index in [0.29, 0.717) is 11.8 Å². The molecule has 0 N–H and O–H groups in total. The molecule has 3 aliphatic rings. The van der Waals surface area contributed by atoms with E-state index in [0.717, 1.165) is 44.8 Å². The van der Waals surface area contributed by atoms with E-state index in [1.165, 1.54) is 47.4 Å². The molecule has 1 atom stereocenters. The van der Waals surface area contributed by atoms with Crippen molar-refractivity contribution in [3.8, 4) is 0 Å². The van der Waals surface area contributed by atoms with Crippen molar-refractivity contribution in [2.75, 3.05) is 55.7 Å². The monoisotopic (exact) mass is 571 g/mol. The van der Waals surface area contributed by atoms with Crippen LogP contribution in [0, 0.1) is 11.8 Å². The zero-order valence-electron chi connectivity index (χ0n) is 20.8. The Balaban J connectivity index is 1.28. The first-order valence-corrected chi connectivity index (χ1v) is 20.6. The van der Waals surface area contributed by atoms with Crippen LogP contribution in [0.3, 0.4) is 0 Å². The van der Waals surface area contributed by atoms with Crippen molar-refractivity contribution in [1.82, 2.24) is 9.80 Å². The van der Waals surface area contributed by atoms with Crippen LogP contribution in [0.1, 0.15) is 31.7 Å². The number of carbonyl (C=O) groups excluding carboxylic acids is 1. The van der Waals surface area contributed by atoms with Crippen LogP contribution >= 0.6 is 20.0 Å². The number of hydrogen-bond donors (Lipinski definition) is 0. The molecule has 1 amide bonds. The summed E-state index contributed by atoms with van der Waals surface area (Å²) in [4.78, 5) is 21.1. The summed E-state index contributed by atoms with van der Waals surface area (Å²) in [6.45, 7) is 9.41. The predicted molar refractivity (Wildman–Crippen MR) is 154 cm³/mol. The van der Waals surface area contributed by atoms with Gasteiger partial charge in [-0.25, -0.2) is 0 Å². The number of likely N-dealkylation sites (tertiary alicyclic amines) is 2. The van der Waals surface area contributed by atoms with Crippen LogP contribution < -0.4 is 9.25 Å². The van der Waals surface area contributed by atoms with E-state index in [4.69, 9.17) is 0 Å². The molecule has 0 aromatic heterocycles. The predicted octanol–water partition coefficient (Wildman–Crippen LogP) is 4.45. The average Bonchev–Trinajstić information content (AvgIpc) is 3.61. The van der Waals surface area contributed by atoms with Gasteiger partial charge in [0.15, 0.2) is 0 Å². The van der Waals surface area contributed by atoms with Crippen LogP contribution in [0.25, 0.3) is 0 Å². The fourth-order valence-corrected chi connectivity index (χ4v) is 19.6. The normalized spacial score (nSPS) is 22.6. The van der Waals surface area contributed by atoms with Gasteiger partial charge in [0.05, 0.1) is 0 Å². The Labute approximate surface area is 222 Å². The average molecular weight is 572 g/mol. The number of rotatable bonds is 8. The Bertz CT molecular complexity index is 946. The Kier molecular flexibility index (Phi) is 9.23. The third-order valence-corrected chi connectivity index (χ3v) is 21.3. The van der Waals surface area contributed by atoms with Crippen molar-refractivity contribution in [2.45, 2.75) is 32.7 Å². The molecule has 188 valence electrons. The van der Waals surface area contributed by atoms with Gasteiger partial charge in [-0.1, -0.05) is 18.2 Å². The number of carbonyl (C=O) groups is 1. The van der Waals surface area contributed by atoms with Gasteiger partial charge in [-0.05, 0) is 0 Å². The zero-order chi connectivity index (χ0) is 24.0. The van der Waals surface area contributed by atoms with E-state index >= 15 is 0 Å². The third kappa shape index (κ3) is 6.70. The van der Waals surface area contributed by atoms with Crippen LogP contribution in [-0.2, 0) is 11.3 Å². The van der Waals surface area contributed by atoms with Crippen LogP contribution in [0.4, 0.5) is 5.69 Å². The summed E-state index contributed by atoms with van der Waals surface area (Å²) >= 11 is -0.983. The summed E-state index contributed by atoms with van der Waals surface area (Å²) < 4.78 is 1.53. The second-order valence-corrected chi connectivity index (χ2v) is 21.7. The molecule has 0 aliphatic carbocycles. The molecule has 3 aliphatic heterocycles. The van der Waals surface area contributed by atoms with Gasteiger partial charge in [0.25, 0.3) is 0 Å². The number of piperidine rings is 1. The van der Waals surface area contributed by atoms with Crippen molar-refractivity contribution in [3.63, 3.8) is 0 Å². The van der Waals surface area contributed by atoms with Gasteiger partial charge >= 0.3 is 205 Å². The topological polar surface area (TPSA) is 26.8 Å². The molecule has 7 heteroatoms. The minimum atomic E-state index is -0.983. The zero-order valence-corrected chi connectivity index (χ0v) is 24.4. The summed E-state index contributed by atoms with van der Waals surface area (Å²) in [5.41, 5.74) is 2.45. The molecule has 35 heavy (non-hydrogen) atoms. The molecule has 4 nitrogen and oxygen atoms in total. The summed E-state index contributed by atoms with van der Waals surface area (Å²) in [5.74, 6) is 3.64. The number of benzene rings is 2. The van der Waals surface area contributed by atoms with Crippen molar-refractivity contribution in [1.29, 1.82) is 0 Å². The van der Waals surface area contributed by atoms with Crippen LogP contribution in [0.2, 0.25) is 0 Å². The third-order valence-electron chi connectivity index (χ3n) is 7.60. The maximum atomic E-state index is 14.0. The van der Waals surface area contributed by atoms with Gasteiger partial charge in [0.2, 0.25) is 0 Å². The molecule has 0 unspecified atom stereocenters. The Morgan fingerprint density at radius 2 is 1.63 bits per heavy atom. The molecule has 3 saturated heterocycles. The molecule has 2 aromatic carbocycles. The standard InChI is InChI=1S/C28H38AsN3OS2/c1-2-30-15-12-24(13-16-30)21-32(27-10-8-26(9-11-27)29-34-18-19-35-29)28(33)25-14-17-31(22-25)20-23-6-4-3-5-7-23/h3-11,24-25H,2,12-22H2,1H3/t25-/m1/s1. The van der Waals surface area contributed by atoms with E-state index < -0.39 is 12.3 Å². The number of nitrogens with zero attached hydrogens (tertiary/aromatic N) is 3. The number of amides is 1. The van der Waals surface area contributed by atoms with E-state index in [1.807, 2.05) is 0 Å². The summed E-state index contributed by atoms with van der Waals surface area (Å²) in [7, 11) is 4.37. The minimum absolute atomic E-state index is 0.102. The van der Waals surface area contributed by atoms with Gasteiger partial charge in [-0.3, -0.25) is 0 Å². The second-order valence-electron chi connectivity index (χ2n) is 9.97. The number of hydrogen-bond acceptors (Lipinski definition) is 5. The Morgan fingerprint density at radius 1 is 0.943 bits per heavy atom. The molecule has 3 fully saturated rings. The van der Waals surface area contributed by atoms with Gasteiger partial charge < -0.3 is 0 Å². The molecule has 0 spiro atoms. The van der Waals surface area contributed by atoms with E-state index in [9.17, 15) is 4.79 Å². The van der Waals surface area contributed by atoms with Gasteiger partial charge in [-0.15, -0.1) is 0 Å². The van der Waals surface area contributed by atoms with Gasteiger partial charge in [0.1, 0.15) is 0 Å².